The fraction of sp³-hybridized carbons (Fsp3) is 0.500. The normalized spacial score (nSPS) is 10.2. The van der Waals surface area contributed by atoms with Gasteiger partial charge in [0, 0.05) is 13.2 Å². The highest BCUT2D eigenvalue weighted by Gasteiger charge is 2.19. The van der Waals surface area contributed by atoms with Gasteiger partial charge in [-0.2, -0.15) is 0 Å². The molecule has 0 amide bonds. The zero-order valence-corrected chi connectivity index (χ0v) is 11.9. The van der Waals surface area contributed by atoms with Gasteiger partial charge in [0.1, 0.15) is 11.4 Å². The topological polar surface area (TPSA) is 137 Å². The zero-order valence-electron chi connectivity index (χ0n) is 11.9. The minimum absolute atomic E-state index is 0.0786. The van der Waals surface area contributed by atoms with E-state index in [1.54, 1.807) is 0 Å². The Morgan fingerprint density at radius 2 is 2.00 bits per heavy atom. The summed E-state index contributed by atoms with van der Waals surface area (Å²) in [5.41, 5.74) is -2.44. The molecule has 0 aliphatic rings. The molecule has 9 nitrogen and oxygen atoms in total. The number of carbonyl (C=O) groups is 1. The highest BCUT2D eigenvalue weighted by molar-refractivity contribution is 6.42. The van der Waals surface area contributed by atoms with Gasteiger partial charge in [-0.3, -0.25) is 15.2 Å². The summed E-state index contributed by atoms with van der Waals surface area (Å²) in [6.45, 7) is 3.19. The zero-order chi connectivity index (χ0) is 15.8. The summed E-state index contributed by atoms with van der Waals surface area (Å²) in [6, 6.07) is 0. The van der Waals surface area contributed by atoms with Gasteiger partial charge in [-0.1, -0.05) is 6.92 Å². The van der Waals surface area contributed by atoms with Crippen molar-refractivity contribution >= 4 is 17.4 Å². The number of carbonyl (C=O) groups excluding carboxylic acids is 1. The minimum Gasteiger partial charge on any atom is -0.464 e. The van der Waals surface area contributed by atoms with E-state index in [0.29, 0.717) is 13.2 Å². The largest absolute Gasteiger partial charge is 0.464 e. The number of hydrogen-bond donors (Lipinski definition) is 4. The van der Waals surface area contributed by atoms with Crippen LogP contribution in [0.3, 0.4) is 0 Å². The highest BCUT2D eigenvalue weighted by Crippen LogP contribution is 2.06. The van der Waals surface area contributed by atoms with Crippen LogP contribution in [0, 0.1) is 5.41 Å². The number of methoxy groups -OCH3 is 1. The van der Waals surface area contributed by atoms with E-state index in [4.69, 9.17) is 10.1 Å². The first-order valence-electron chi connectivity index (χ1n) is 6.36. The van der Waals surface area contributed by atoms with Gasteiger partial charge < -0.3 is 19.8 Å². The third-order valence-electron chi connectivity index (χ3n) is 2.48. The number of hydrogen-bond acceptors (Lipinski definition) is 7. The van der Waals surface area contributed by atoms with Gasteiger partial charge in [0.2, 0.25) is 0 Å². The smallest absolute Gasteiger partial charge is 0.358 e. The molecule has 0 aliphatic heterocycles. The standard InChI is InChI=1S/C12H18N4O5/c1-3-5-21-6-4-14-9-8(7(13)11(18)20-2)15-12(19)16-10(9)17/h13-14H,3-6H2,1-2H3,(H2,15,16,17,19). The Morgan fingerprint density at radius 1 is 1.29 bits per heavy atom. The van der Waals surface area contributed by atoms with Crippen LogP contribution in [0.15, 0.2) is 9.59 Å². The Kier molecular flexibility index (Phi) is 6.34. The van der Waals surface area contributed by atoms with E-state index in [1.807, 2.05) is 11.9 Å². The van der Waals surface area contributed by atoms with Crippen LogP contribution >= 0.6 is 0 Å². The van der Waals surface area contributed by atoms with E-state index in [2.05, 4.69) is 15.0 Å². The lowest BCUT2D eigenvalue weighted by molar-refractivity contribution is -0.132. The molecular formula is C12H18N4O5. The average Bonchev–Trinajstić information content (AvgIpc) is 2.46. The van der Waals surface area contributed by atoms with Crippen LogP contribution in [0.2, 0.25) is 0 Å². The summed E-state index contributed by atoms with van der Waals surface area (Å²) in [4.78, 5) is 38.7. The molecule has 1 heterocycles. The van der Waals surface area contributed by atoms with Gasteiger partial charge in [-0.05, 0) is 6.42 Å². The summed E-state index contributed by atoms with van der Waals surface area (Å²) in [7, 11) is 1.11. The molecule has 9 heteroatoms. The first-order valence-corrected chi connectivity index (χ1v) is 6.36. The average molecular weight is 298 g/mol. The molecule has 0 aromatic carbocycles. The fourth-order valence-corrected chi connectivity index (χ4v) is 1.54. The van der Waals surface area contributed by atoms with Crippen molar-refractivity contribution in [3.05, 3.63) is 26.5 Å². The molecule has 0 saturated carbocycles. The SMILES string of the molecule is CCCOCCNc1c(C(=N)C(=O)OC)[nH]c(=O)[nH]c1=O. The van der Waals surface area contributed by atoms with Crippen molar-refractivity contribution in [1.29, 1.82) is 5.41 Å². The molecule has 116 valence electrons. The van der Waals surface area contributed by atoms with Gasteiger partial charge in [-0.25, -0.2) is 9.59 Å². The van der Waals surface area contributed by atoms with Crippen molar-refractivity contribution in [2.75, 3.05) is 32.2 Å². The van der Waals surface area contributed by atoms with Crippen LogP contribution < -0.4 is 16.6 Å². The number of esters is 1. The van der Waals surface area contributed by atoms with E-state index < -0.39 is 22.9 Å². The number of H-pyrrole nitrogens is 2. The van der Waals surface area contributed by atoms with Crippen molar-refractivity contribution < 1.29 is 14.3 Å². The van der Waals surface area contributed by atoms with Crippen LogP contribution in [-0.2, 0) is 14.3 Å². The lowest BCUT2D eigenvalue weighted by Gasteiger charge is -2.10. The molecule has 1 rings (SSSR count). The molecule has 0 radical (unpaired) electrons. The second-order valence-electron chi connectivity index (χ2n) is 4.06. The van der Waals surface area contributed by atoms with Gasteiger partial charge in [0.15, 0.2) is 5.71 Å². The number of aromatic amines is 2. The maximum absolute atomic E-state index is 11.8. The fourth-order valence-electron chi connectivity index (χ4n) is 1.54. The Morgan fingerprint density at radius 3 is 2.62 bits per heavy atom. The van der Waals surface area contributed by atoms with E-state index >= 15 is 0 Å². The summed E-state index contributed by atoms with van der Waals surface area (Å²) in [6.07, 6.45) is 0.872. The summed E-state index contributed by atoms with van der Waals surface area (Å²) < 4.78 is 9.65. The maximum atomic E-state index is 11.8. The quantitative estimate of drug-likeness (QED) is 0.288. The molecule has 0 bridgehead atoms. The molecule has 0 unspecified atom stereocenters. The lowest BCUT2D eigenvalue weighted by Crippen LogP contribution is -2.32. The summed E-state index contributed by atoms with van der Waals surface area (Å²) in [5, 5.41) is 10.4. The molecule has 1 aromatic rings. The Bertz CT molecular complexity index is 619. The predicted molar refractivity (Wildman–Crippen MR) is 76.1 cm³/mol. The molecule has 0 atom stereocenters. The Labute approximate surface area is 120 Å². The van der Waals surface area contributed by atoms with Gasteiger partial charge in [0.05, 0.1) is 13.7 Å². The van der Waals surface area contributed by atoms with Gasteiger partial charge >= 0.3 is 11.7 Å². The molecule has 0 fully saturated rings. The monoisotopic (exact) mass is 298 g/mol. The van der Waals surface area contributed by atoms with Gasteiger partial charge in [0.25, 0.3) is 5.56 Å². The number of aromatic nitrogens is 2. The molecule has 1 aromatic heterocycles. The van der Waals surface area contributed by atoms with Crippen LogP contribution in [0.4, 0.5) is 5.69 Å². The first kappa shape index (κ1) is 16.6. The molecule has 4 N–H and O–H groups in total. The maximum Gasteiger partial charge on any atom is 0.358 e. The summed E-state index contributed by atoms with van der Waals surface area (Å²) in [5.74, 6) is -0.957. The third-order valence-corrected chi connectivity index (χ3v) is 2.48. The molecular weight excluding hydrogens is 280 g/mol. The predicted octanol–water partition coefficient (Wildman–Crippen LogP) is -0.557. The van der Waals surface area contributed by atoms with Crippen molar-refractivity contribution in [2.45, 2.75) is 13.3 Å². The molecule has 0 saturated heterocycles. The van der Waals surface area contributed by atoms with Crippen LogP contribution in [-0.4, -0.2) is 48.5 Å². The van der Waals surface area contributed by atoms with E-state index in [0.717, 1.165) is 13.5 Å². The third kappa shape index (κ3) is 4.56. The van der Waals surface area contributed by atoms with Gasteiger partial charge in [-0.15, -0.1) is 0 Å². The van der Waals surface area contributed by atoms with Crippen LogP contribution in [0.25, 0.3) is 0 Å². The van der Waals surface area contributed by atoms with E-state index in [-0.39, 0.29) is 17.9 Å². The van der Waals surface area contributed by atoms with Crippen molar-refractivity contribution in [1.82, 2.24) is 9.97 Å². The van der Waals surface area contributed by atoms with Crippen molar-refractivity contribution in [3.63, 3.8) is 0 Å². The second kappa shape index (κ2) is 8.00. The Balaban J connectivity index is 2.96. The van der Waals surface area contributed by atoms with Crippen molar-refractivity contribution in [2.24, 2.45) is 0 Å². The number of nitrogens with one attached hydrogen (secondary N) is 4. The molecule has 0 aliphatic carbocycles. The second-order valence-corrected chi connectivity index (χ2v) is 4.06. The van der Waals surface area contributed by atoms with Crippen LogP contribution in [0.1, 0.15) is 19.0 Å². The highest BCUT2D eigenvalue weighted by atomic mass is 16.5. The Hall–Kier alpha value is -2.42. The van der Waals surface area contributed by atoms with Crippen molar-refractivity contribution in [3.8, 4) is 0 Å². The first-order chi connectivity index (χ1) is 10.0. The number of ether oxygens (including phenoxy) is 2. The lowest BCUT2D eigenvalue weighted by atomic mass is 10.2. The number of anilines is 1. The summed E-state index contributed by atoms with van der Waals surface area (Å²) >= 11 is 0. The minimum atomic E-state index is -0.957. The number of rotatable bonds is 8. The van der Waals surface area contributed by atoms with Crippen LogP contribution in [0.5, 0.6) is 0 Å². The molecule has 21 heavy (non-hydrogen) atoms. The van der Waals surface area contributed by atoms with E-state index in [1.165, 1.54) is 0 Å². The molecule has 0 spiro atoms. The van der Waals surface area contributed by atoms with E-state index in [9.17, 15) is 14.4 Å².